The first-order chi connectivity index (χ1) is 26.1. The molecule has 2 heterocycles. The van der Waals surface area contributed by atoms with Crippen LogP contribution in [0.15, 0.2) is 54.7 Å². The van der Waals surface area contributed by atoms with Gasteiger partial charge in [0.15, 0.2) is 11.5 Å². The van der Waals surface area contributed by atoms with Gasteiger partial charge >= 0.3 is 6.09 Å². The zero-order chi connectivity index (χ0) is 40.3. The zero-order valence-electron chi connectivity index (χ0n) is 33.8. The quantitative estimate of drug-likeness (QED) is 0.151. The van der Waals surface area contributed by atoms with Crippen molar-refractivity contribution < 1.29 is 33.7 Å². The summed E-state index contributed by atoms with van der Waals surface area (Å²) < 4.78 is 16.4. The minimum atomic E-state index is -1.05. The van der Waals surface area contributed by atoms with Crippen molar-refractivity contribution in [3.05, 3.63) is 75.7 Å². The van der Waals surface area contributed by atoms with Crippen molar-refractivity contribution in [1.29, 1.82) is 0 Å². The molecule has 0 saturated carbocycles. The second-order valence-corrected chi connectivity index (χ2v) is 17.0. The Hall–Kier alpha value is -4.24. The van der Waals surface area contributed by atoms with Gasteiger partial charge in [-0.2, -0.15) is 0 Å². The van der Waals surface area contributed by atoms with Crippen LogP contribution in [0.1, 0.15) is 75.4 Å². The maximum absolute atomic E-state index is 13.9. The number of aliphatic hydroxyl groups is 1. The number of carbonyl (C=O) groups is 3. The van der Waals surface area contributed by atoms with Gasteiger partial charge in [-0.25, -0.2) is 9.78 Å². The van der Waals surface area contributed by atoms with E-state index < -0.39 is 41.8 Å². The number of thiazole rings is 1. The van der Waals surface area contributed by atoms with Crippen molar-refractivity contribution >= 4 is 29.2 Å². The van der Waals surface area contributed by atoms with E-state index in [-0.39, 0.29) is 30.9 Å². The summed E-state index contributed by atoms with van der Waals surface area (Å²) in [5.41, 5.74) is 1.48. The second-order valence-electron chi connectivity index (χ2n) is 15.8. The molecule has 1 aliphatic heterocycles. The number of aliphatic hydroxyl groups excluding tert-OH is 1. The number of methoxy groups -OCH3 is 2. The fraction of sp³-hybridized carbons (Fsp3) is 0.561. The highest BCUT2D eigenvalue weighted by atomic mass is 32.1. The second kappa shape index (κ2) is 20.1. The van der Waals surface area contributed by atoms with Crippen LogP contribution in [0.2, 0.25) is 0 Å². The molecule has 2 aromatic carbocycles. The molecule has 302 valence electrons. The monoisotopic (exact) mass is 780 g/mol. The first kappa shape index (κ1) is 43.5. The van der Waals surface area contributed by atoms with Crippen LogP contribution in [-0.4, -0.2) is 108 Å². The summed E-state index contributed by atoms with van der Waals surface area (Å²) >= 11 is 1.48. The van der Waals surface area contributed by atoms with Gasteiger partial charge < -0.3 is 35.3 Å². The Balaban J connectivity index is 1.49. The molecule has 0 spiro atoms. The summed E-state index contributed by atoms with van der Waals surface area (Å²) in [4.78, 5) is 50.1. The van der Waals surface area contributed by atoms with E-state index in [0.29, 0.717) is 44.1 Å². The topological polar surface area (TPSA) is 155 Å². The third kappa shape index (κ3) is 13.2. The molecule has 1 aliphatic rings. The van der Waals surface area contributed by atoms with Crippen LogP contribution in [0.25, 0.3) is 0 Å². The normalized spacial score (nSPS) is 17.0. The molecule has 0 unspecified atom stereocenters. The number of hydrogen-bond acceptors (Lipinski definition) is 11. The molecule has 4 atom stereocenters. The lowest BCUT2D eigenvalue weighted by Gasteiger charge is -2.43. The molecule has 14 heteroatoms. The molecular formula is C41H60N6O7S. The van der Waals surface area contributed by atoms with E-state index in [1.165, 1.54) is 11.3 Å². The Bertz CT molecular complexity index is 1700. The van der Waals surface area contributed by atoms with Crippen LogP contribution in [0.4, 0.5) is 4.79 Å². The van der Waals surface area contributed by atoms with Crippen molar-refractivity contribution in [2.45, 2.75) is 104 Å². The Morgan fingerprint density at radius 3 is 2.29 bits per heavy atom. The summed E-state index contributed by atoms with van der Waals surface area (Å²) in [6, 6.07) is 13.2. The molecule has 13 nitrogen and oxygen atoms in total. The predicted octanol–water partition coefficient (Wildman–Crippen LogP) is 4.72. The average Bonchev–Trinajstić information content (AvgIpc) is 3.62. The number of aromatic nitrogens is 1. The number of nitrogens with one attached hydrogen (secondary N) is 3. The molecule has 0 bridgehead atoms. The third-order valence-corrected chi connectivity index (χ3v) is 10.6. The fourth-order valence-electron chi connectivity index (χ4n) is 6.47. The largest absolute Gasteiger partial charge is 0.493 e. The van der Waals surface area contributed by atoms with E-state index in [9.17, 15) is 19.5 Å². The van der Waals surface area contributed by atoms with Crippen LogP contribution in [0.3, 0.4) is 0 Å². The van der Waals surface area contributed by atoms with E-state index in [1.807, 2.05) is 88.0 Å². The van der Waals surface area contributed by atoms with E-state index in [2.05, 4.69) is 39.7 Å². The molecule has 1 fully saturated rings. The number of rotatable bonds is 17. The summed E-state index contributed by atoms with van der Waals surface area (Å²) in [6.07, 6.45) is 0.273. The van der Waals surface area contributed by atoms with Gasteiger partial charge in [-0.15, -0.1) is 11.3 Å². The van der Waals surface area contributed by atoms with Gasteiger partial charge in [0.05, 0.1) is 36.3 Å². The molecule has 55 heavy (non-hydrogen) atoms. The highest BCUT2D eigenvalue weighted by Gasteiger charge is 2.37. The highest BCUT2D eigenvalue weighted by Crippen LogP contribution is 2.29. The average molecular weight is 781 g/mol. The van der Waals surface area contributed by atoms with Crippen molar-refractivity contribution in [1.82, 2.24) is 30.7 Å². The lowest BCUT2D eigenvalue weighted by atomic mass is 9.97. The van der Waals surface area contributed by atoms with Crippen LogP contribution >= 0.6 is 11.3 Å². The number of alkyl carbamates (subject to hydrolysis) is 1. The smallest absolute Gasteiger partial charge is 0.408 e. The maximum atomic E-state index is 13.9. The number of carbonyl (C=O) groups excluding carboxylic acids is 3. The van der Waals surface area contributed by atoms with Crippen LogP contribution in [-0.2, 0) is 33.9 Å². The number of piperazine rings is 1. The van der Waals surface area contributed by atoms with Crippen LogP contribution in [0, 0.1) is 5.92 Å². The predicted molar refractivity (Wildman–Crippen MR) is 214 cm³/mol. The van der Waals surface area contributed by atoms with E-state index in [0.717, 1.165) is 21.0 Å². The van der Waals surface area contributed by atoms with Crippen molar-refractivity contribution in [3.63, 3.8) is 0 Å². The van der Waals surface area contributed by atoms with Crippen LogP contribution in [0.5, 0.6) is 11.5 Å². The summed E-state index contributed by atoms with van der Waals surface area (Å²) in [6.45, 7) is 16.0. The number of amides is 3. The lowest BCUT2D eigenvalue weighted by Crippen LogP contribution is -2.63. The number of ether oxygens (including phenoxy) is 3. The fourth-order valence-corrected chi connectivity index (χ4v) is 7.30. The Morgan fingerprint density at radius 2 is 1.67 bits per heavy atom. The number of β-amino-alcohol motifs (C(OH)–C–C–N with tert-alkyl or cyclic N) is 1. The molecule has 1 saturated heterocycles. The molecule has 4 N–H and O–H groups in total. The Morgan fingerprint density at radius 1 is 0.964 bits per heavy atom. The zero-order valence-corrected chi connectivity index (χ0v) is 34.6. The summed E-state index contributed by atoms with van der Waals surface area (Å²) in [5, 5.41) is 21.8. The first-order valence-corrected chi connectivity index (χ1v) is 19.8. The number of hydrogen-bond donors (Lipinski definition) is 4. The minimum Gasteiger partial charge on any atom is -0.493 e. The third-order valence-electron chi connectivity index (χ3n) is 9.38. The first-order valence-electron chi connectivity index (χ1n) is 19.0. The van der Waals surface area contributed by atoms with Crippen molar-refractivity contribution in [3.8, 4) is 11.5 Å². The van der Waals surface area contributed by atoms with Crippen molar-refractivity contribution in [2.24, 2.45) is 5.92 Å². The van der Waals surface area contributed by atoms with Gasteiger partial charge in [0.1, 0.15) is 18.7 Å². The minimum absolute atomic E-state index is 0.0451. The Kier molecular flexibility index (Phi) is 15.9. The molecular weight excluding hydrogens is 721 g/mol. The summed E-state index contributed by atoms with van der Waals surface area (Å²) in [7, 11) is 3.20. The van der Waals surface area contributed by atoms with Crippen molar-refractivity contribution in [2.75, 3.05) is 40.4 Å². The standard InChI is InChI=1S/C41H60N6O7S/c1-26(2)36(44-40(51)54-25-30-21-42-39(55-30)27(3)4)38(50)43-31(19-28-13-11-10-12-14-28)33(48)24-47-18-17-46(23-32(47)37(49)45-41(5,6)7)22-29-15-16-34(52-8)35(20-29)53-9/h10-16,20-21,26-27,31-33,36,48H,17-19,22-25H2,1-9H3,(H,43,50)(H,44,51)(H,45,49)/t31-,32-,33+,36-/m0/s1. The molecule has 0 aliphatic carbocycles. The van der Waals surface area contributed by atoms with Crippen LogP contribution < -0.4 is 25.4 Å². The number of nitrogens with zero attached hydrogens (tertiary/aromatic N) is 3. The van der Waals surface area contributed by atoms with Gasteiger partial charge in [0, 0.05) is 50.4 Å². The summed E-state index contributed by atoms with van der Waals surface area (Å²) in [5.74, 6) is 0.704. The van der Waals surface area contributed by atoms with Gasteiger partial charge in [0.25, 0.3) is 0 Å². The molecule has 3 amide bonds. The van der Waals surface area contributed by atoms with E-state index in [4.69, 9.17) is 14.2 Å². The maximum Gasteiger partial charge on any atom is 0.408 e. The highest BCUT2D eigenvalue weighted by molar-refractivity contribution is 7.11. The Labute approximate surface area is 330 Å². The number of benzene rings is 2. The molecule has 4 rings (SSSR count). The van der Waals surface area contributed by atoms with Gasteiger partial charge in [-0.1, -0.05) is 64.1 Å². The van der Waals surface area contributed by atoms with Gasteiger partial charge in [-0.3, -0.25) is 19.4 Å². The lowest BCUT2D eigenvalue weighted by molar-refractivity contribution is -0.132. The van der Waals surface area contributed by atoms with Gasteiger partial charge in [-0.05, 0) is 56.4 Å². The van der Waals surface area contributed by atoms with E-state index >= 15 is 0 Å². The van der Waals surface area contributed by atoms with E-state index in [1.54, 1.807) is 20.4 Å². The SMILES string of the molecule is COc1ccc(CN2CCN(C[C@@H](O)[C@H](Cc3ccccc3)NC(=O)[C@@H](NC(=O)OCc3cnc(C(C)C)s3)C(C)C)[C@H](C(=O)NC(C)(C)C)C2)cc1OC. The molecule has 0 radical (unpaired) electrons. The molecule has 1 aromatic heterocycles. The van der Waals surface area contributed by atoms with Gasteiger partial charge in [0.2, 0.25) is 11.8 Å². The molecule has 3 aromatic rings.